The molecule has 1 saturated heterocycles. The number of hydrogen-bond donors (Lipinski definition) is 1. The zero-order valence-electron chi connectivity index (χ0n) is 13.4. The number of hydrogen-bond acceptors (Lipinski definition) is 6. The lowest BCUT2D eigenvalue weighted by atomic mass is 10.1. The monoisotopic (exact) mass is 352 g/mol. The maximum atomic E-state index is 12.1. The zero-order chi connectivity index (χ0) is 17.7. The molecule has 1 N–H and O–H groups in total. The van der Waals surface area contributed by atoms with E-state index in [-0.39, 0.29) is 23.0 Å². The van der Waals surface area contributed by atoms with Crippen molar-refractivity contribution >= 4 is 21.4 Å². The van der Waals surface area contributed by atoms with E-state index in [1.807, 2.05) is 13.0 Å². The van der Waals surface area contributed by atoms with Crippen LogP contribution in [0.2, 0.25) is 0 Å². The van der Waals surface area contributed by atoms with E-state index in [0.29, 0.717) is 38.0 Å². The van der Waals surface area contributed by atoms with Crippen molar-refractivity contribution < 1.29 is 13.3 Å². The maximum absolute atomic E-state index is 12.1. The highest BCUT2D eigenvalue weighted by atomic mass is 32.2. The maximum Gasteiger partial charge on any atom is 0.270 e. The third kappa shape index (κ3) is 4.21. The number of nitro groups is 1. The third-order valence-electron chi connectivity index (χ3n) is 4.00. The fourth-order valence-electron chi connectivity index (χ4n) is 2.75. The number of anilines is 1. The lowest BCUT2D eigenvalue weighted by molar-refractivity contribution is -0.384. The van der Waals surface area contributed by atoms with Gasteiger partial charge in [-0.25, -0.2) is 12.7 Å². The number of nitrogens with one attached hydrogen (secondary N) is 1. The predicted octanol–water partition coefficient (Wildman–Crippen LogP) is 2.08. The van der Waals surface area contributed by atoms with Gasteiger partial charge in [0.25, 0.3) is 5.69 Å². The van der Waals surface area contributed by atoms with E-state index >= 15 is 0 Å². The molecule has 1 aliphatic heterocycles. The third-order valence-corrected chi connectivity index (χ3v) is 6.08. The molecule has 0 saturated carbocycles. The van der Waals surface area contributed by atoms with E-state index in [9.17, 15) is 18.5 Å². The molecular weight excluding hydrogens is 332 g/mol. The summed E-state index contributed by atoms with van der Waals surface area (Å²) < 4.78 is 25.6. The molecule has 130 valence electrons. The quantitative estimate of drug-likeness (QED) is 0.619. The van der Waals surface area contributed by atoms with E-state index in [1.165, 1.54) is 22.5 Å². The summed E-state index contributed by atoms with van der Waals surface area (Å²) in [6.45, 7) is 2.72. The van der Waals surface area contributed by atoms with Crippen molar-refractivity contribution in [1.29, 1.82) is 5.26 Å². The zero-order valence-corrected chi connectivity index (χ0v) is 14.3. The van der Waals surface area contributed by atoms with E-state index in [0.717, 1.165) is 0 Å². The Kier molecular flexibility index (Phi) is 5.75. The van der Waals surface area contributed by atoms with Crippen molar-refractivity contribution in [3.63, 3.8) is 0 Å². The summed E-state index contributed by atoms with van der Waals surface area (Å²) in [6, 6.07) is 6.11. The van der Waals surface area contributed by atoms with Gasteiger partial charge < -0.3 is 5.32 Å². The molecule has 1 aromatic rings. The molecule has 1 heterocycles. The van der Waals surface area contributed by atoms with Crippen LogP contribution in [0.3, 0.4) is 0 Å². The lowest BCUT2D eigenvalue weighted by Crippen LogP contribution is -2.43. The number of nitrogens with zero attached hydrogens (tertiary/aromatic N) is 3. The van der Waals surface area contributed by atoms with E-state index < -0.39 is 14.9 Å². The molecule has 0 aliphatic carbocycles. The van der Waals surface area contributed by atoms with Gasteiger partial charge in [-0.2, -0.15) is 5.26 Å². The van der Waals surface area contributed by atoms with Gasteiger partial charge >= 0.3 is 0 Å². The van der Waals surface area contributed by atoms with Crippen molar-refractivity contribution in [2.24, 2.45) is 0 Å². The average Bonchev–Trinajstić information content (AvgIpc) is 2.55. The van der Waals surface area contributed by atoms with Gasteiger partial charge in [0.1, 0.15) is 6.07 Å². The molecule has 0 amide bonds. The average molecular weight is 352 g/mol. The molecule has 24 heavy (non-hydrogen) atoms. The first-order valence-corrected chi connectivity index (χ1v) is 9.41. The summed E-state index contributed by atoms with van der Waals surface area (Å²) in [5, 5.41) is 23.1. The summed E-state index contributed by atoms with van der Waals surface area (Å²) in [4.78, 5) is 10.2. The highest BCUT2D eigenvalue weighted by Crippen LogP contribution is 2.25. The first-order valence-electron chi connectivity index (χ1n) is 7.80. The highest BCUT2D eigenvalue weighted by Gasteiger charge is 2.27. The first-order chi connectivity index (χ1) is 11.4. The molecule has 1 fully saturated rings. The topological polar surface area (TPSA) is 116 Å². The second-order valence-corrected chi connectivity index (χ2v) is 7.82. The van der Waals surface area contributed by atoms with Crippen LogP contribution in [0, 0.1) is 21.4 Å². The minimum atomic E-state index is -3.18. The van der Waals surface area contributed by atoms with Crippen LogP contribution in [0.15, 0.2) is 18.2 Å². The Morgan fingerprint density at radius 2 is 2.08 bits per heavy atom. The molecular formula is C15H20N4O4S. The molecule has 0 aromatic heterocycles. The summed E-state index contributed by atoms with van der Waals surface area (Å²) in [7, 11) is -3.18. The van der Waals surface area contributed by atoms with Crippen molar-refractivity contribution in [3.8, 4) is 6.07 Å². The molecule has 1 aromatic carbocycles. The van der Waals surface area contributed by atoms with Gasteiger partial charge in [0.2, 0.25) is 10.0 Å². The Labute approximate surface area is 141 Å². The molecule has 0 atom stereocenters. The molecule has 0 bridgehead atoms. The van der Waals surface area contributed by atoms with Crippen molar-refractivity contribution in [1.82, 2.24) is 4.31 Å². The minimum Gasteiger partial charge on any atom is -0.381 e. The molecule has 2 rings (SSSR count). The Balaban J connectivity index is 2.02. The smallest absolute Gasteiger partial charge is 0.270 e. The molecule has 8 nitrogen and oxygen atoms in total. The van der Waals surface area contributed by atoms with E-state index in [4.69, 9.17) is 5.26 Å². The van der Waals surface area contributed by atoms with Crippen LogP contribution < -0.4 is 5.32 Å². The Hall–Kier alpha value is -2.18. The predicted molar refractivity (Wildman–Crippen MR) is 90.1 cm³/mol. The fraction of sp³-hybridized carbons (Fsp3) is 0.533. The highest BCUT2D eigenvalue weighted by molar-refractivity contribution is 7.89. The SMILES string of the molecule is CCCS(=O)(=O)N1CCC(Nc2ccc([N+](=O)[O-])cc2C#N)CC1. The Bertz CT molecular complexity index is 749. The van der Waals surface area contributed by atoms with Crippen LogP contribution in [-0.2, 0) is 10.0 Å². The number of benzene rings is 1. The number of piperidine rings is 1. The summed E-state index contributed by atoms with van der Waals surface area (Å²) in [5.41, 5.74) is 0.626. The molecule has 1 aliphatic rings. The number of sulfonamides is 1. The van der Waals surface area contributed by atoms with E-state index in [2.05, 4.69) is 5.32 Å². The van der Waals surface area contributed by atoms with Gasteiger partial charge in [0, 0.05) is 31.3 Å². The summed E-state index contributed by atoms with van der Waals surface area (Å²) >= 11 is 0. The van der Waals surface area contributed by atoms with Gasteiger partial charge in [0.05, 0.1) is 21.9 Å². The van der Waals surface area contributed by atoms with E-state index in [1.54, 1.807) is 0 Å². The van der Waals surface area contributed by atoms with Gasteiger partial charge in [-0.15, -0.1) is 0 Å². The molecule has 0 unspecified atom stereocenters. The van der Waals surface area contributed by atoms with Crippen LogP contribution in [0.4, 0.5) is 11.4 Å². The summed E-state index contributed by atoms with van der Waals surface area (Å²) in [5.74, 6) is 0.159. The second-order valence-electron chi connectivity index (χ2n) is 5.73. The van der Waals surface area contributed by atoms with Crippen LogP contribution >= 0.6 is 0 Å². The van der Waals surface area contributed by atoms with Gasteiger partial charge in [-0.1, -0.05) is 6.92 Å². The lowest BCUT2D eigenvalue weighted by Gasteiger charge is -2.32. The van der Waals surface area contributed by atoms with Crippen molar-refractivity contribution in [2.75, 3.05) is 24.2 Å². The van der Waals surface area contributed by atoms with Gasteiger partial charge in [-0.05, 0) is 25.3 Å². The number of rotatable bonds is 6. The summed E-state index contributed by atoms with van der Waals surface area (Å²) in [6.07, 6.45) is 1.85. The minimum absolute atomic E-state index is 0.0339. The number of non-ortho nitro benzene ring substituents is 1. The van der Waals surface area contributed by atoms with Crippen molar-refractivity contribution in [2.45, 2.75) is 32.2 Å². The fourth-order valence-corrected chi connectivity index (χ4v) is 4.29. The normalized spacial score (nSPS) is 16.5. The largest absolute Gasteiger partial charge is 0.381 e. The molecule has 0 radical (unpaired) electrons. The van der Waals surface area contributed by atoms with Gasteiger partial charge in [0.15, 0.2) is 0 Å². The molecule has 0 spiro atoms. The number of nitro benzene ring substituents is 1. The second kappa shape index (κ2) is 7.59. The Morgan fingerprint density at radius 3 is 2.62 bits per heavy atom. The van der Waals surface area contributed by atoms with Crippen LogP contribution in [0.1, 0.15) is 31.7 Å². The standard InChI is InChI=1S/C15H20N4O4S/c1-2-9-24(22,23)18-7-5-13(6-8-18)17-15-4-3-14(19(20)21)10-12(15)11-16/h3-4,10,13,17H,2,5-9H2,1H3. The first kappa shape index (κ1) is 18.2. The van der Waals surface area contributed by atoms with Crippen LogP contribution in [0.25, 0.3) is 0 Å². The van der Waals surface area contributed by atoms with Crippen LogP contribution in [0.5, 0.6) is 0 Å². The number of nitriles is 1. The van der Waals surface area contributed by atoms with Crippen molar-refractivity contribution in [3.05, 3.63) is 33.9 Å². The van der Waals surface area contributed by atoms with Crippen LogP contribution in [-0.4, -0.2) is 42.5 Å². The van der Waals surface area contributed by atoms with Gasteiger partial charge in [-0.3, -0.25) is 10.1 Å². The Morgan fingerprint density at radius 1 is 1.42 bits per heavy atom. The molecule has 9 heteroatoms.